The molecule has 0 unspecified atom stereocenters. The number of rotatable bonds is 2. The maximum atomic E-state index is 11.8. The van der Waals surface area contributed by atoms with Crippen LogP contribution in [0.25, 0.3) is 0 Å². The standard InChI is InChI=1S/C11H20O3.C2H6/c1-10(2,3)14-9(13)11(8-12)6-4-5-7-11;1-2/h12H,4-8H2,1-3H3;1-2H3. The van der Waals surface area contributed by atoms with Crippen LogP contribution in [0.2, 0.25) is 0 Å². The Labute approximate surface area is 99.2 Å². The van der Waals surface area contributed by atoms with Gasteiger partial charge in [0.25, 0.3) is 0 Å². The van der Waals surface area contributed by atoms with Gasteiger partial charge in [0.15, 0.2) is 0 Å². The van der Waals surface area contributed by atoms with Crippen LogP contribution in [-0.2, 0) is 9.53 Å². The Balaban J connectivity index is 0.00000106. The minimum Gasteiger partial charge on any atom is -0.459 e. The molecular weight excluding hydrogens is 204 g/mol. The molecule has 0 saturated heterocycles. The van der Waals surface area contributed by atoms with Crippen molar-refractivity contribution in [3.63, 3.8) is 0 Å². The number of carbonyl (C=O) groups excluding carboxylic acids is 1. The highest BCUT2D eigenvalue weighted by Crippen LogP contribution is 2.39. The third kappa shape index (κ3) is 4.12. The molecule has 96 valence electrons. The fourth-order valence-corrected chi connectivity index (χ4v) is 1.86. The number of aliphatic hydroxyl groups is 1. The quantitative estimate of drug-likeness (QED) is 0.742. The predicted molar refractivity (Wildman–Crippen MR) is 65.2 cm³/mol. The van der Waals surface area contributed by atoms with Gasteiger partial charge in [-0.1, -0.05) is 26.7 Å². The molecule has 1 N–H and O–H groups in total. The van der Waals surface area contributed by atoms with E-state index < -0.39 is 11.0 Å². The second-order valence-corrected chi connectivity index (χ2v) is 5.15. The molecule has 3 nitrogen and oxygen atoms in total. The van der Waals surface area contributed by atoms with Crippen molar-refractivity contribution in [1.82, 2.24) is 0 Å². The first kappa shape index (κ1) is 15.4. The molecule has 0 aromatic rings. The molecule has 1 aliphatic rings. The lowest BCUT2D eigenvalue weighted by Gasteiger charge is -2.29. The smallest absolute Gasteiger partial charge is 0.314 e. The first-order valence-corrected chi connectivity index (χ1v) is 6.24. The van der Waals surface area contributed by atoms with Crippen LogP contribution >= 0.6 is 0 Å². The summed E-state index contributed by atoms with van der Waals surface area (Å²) in [5.74, 6) is -0.231. The van der Waals surface area contributed by atoms with Crippen LogP contribution in [0.15, 0.2) is 0 Å². The fourth-order valence-electron chi connectivity index (χ4n) is 1.86. The lowest BCUT2D eigenvalue weighted by Crippen LogP contribution is -2.38. The van der Waals surface area contributed by atoms with Gasteiger partial charge in [-0.2, -0.15) is 0 Å². The van der Waals surface area contributed by atoms with Crippen LogP contribution in [0.1, 0.15) is 60.3 Å². The van der Waals surface area contributed by atoms with Gasteiger partial charge in [0.1, 0.15) is 5.60 Å². The average molecular weight is 230 g/mol. The molecule has 0 aliphatic heterocycles. The number of carbonyl (C=O) groups is 1. The molecule has 0 aromatic heterocycles. The summed E-state index contributed by atoms with van der Waals surface area (Å²) in [4.78, 5) is 11.8. The highest BCUT2D eigenvalue weighted by molar-refractivity contribution is 5.77. The average Bonchev–Trinajstić information content (AvgIpc) is 2.67. The summed E-state index contributed by atoms with van der Waals surface area (Å²) in [6.45, 7) is 9.47. The molecule has 0 atom stereocenters. The van der Waals surface area contributed by atoms with Gasteiger partial charge in [0.2, 0.25) is 0 Å². The van der Waals surface area contributed by atoms with Gasteiger partial charge in [-0.25, -0.2) is 0 Å². The van der Waals surface area contributed by atoms with Crippen LogP contribution in [-0.4, -0.2) is 23.3 Å². The second-order valence-electron chi connectivity index (χ2n) is 5.15. The molecule has 1 rings (SSSR count). The van der Waals surface area contributed by atoms with Gasteiger partial charge in [-0.3, -0.25) is 4.79 Å². The molecule has 3 heteroatoms. The molecule has 1 fully saturated rings. The number of hydrogen-bond donors (Lipinski definition) is 1. The Hall–Kier alpha value is -0.570. The highest BCUT2D eigenvalue weighted by Gasteiger charge is 2.43. The summed E-state index contributed by atoms with van der Waals surface area (Å²) < 4.78 is 5.32. The third-order valence-corrected chi connectivity index (χ3v) is 2.70. The molecule has 0 spiro atoms. The molecule has 1 saturated carbocycles. The van der Waals surface area contributed by atoms with E-state index in [0.717, 1.165) is 25.7 Å². The topological polar surface area (TPSA) is 46.5 Å². The summed E-state index contributed by atoms with van der Waals surface area (Å²) in [5.41, 5.74) is -1.06. The van der Waals surface area contributed by atoms with E-state index in [-0.39, 0.29) is 12.6 Å². The van der Waals surface area contributed by atoms with Crippen molar-refractivity contribution in [3.8, 4) is 0 Å². The molecule has 16 heavy (non-hydrogen) atoms. The summed E-state index contributed by atoms with van der Waals surface area (Å²) in [6, 6.07) is 0. The van der Waals surface area contributed by atoms with E-state index in [9.17, 15) is 9.90 Å². The fraction of sp³-hybridized carbons (Fsp3) is 0.923. The number of hydrogen-bond acceptors (Lipinski definition) is 3. The molecular formula is C13H26O3. The van der Waals surface area contributed by atoms with E-state index in [2.05, 4.69) is 0 Å². The zero-order chi connectivity index (χ0) is 12.8. The number of ether oxygens (including phenoxy) is 1. The van der Waals surface area contributed by atoms with E-state index in [4.69, 9.17) is 4.74 Å². The van der Waals surface area contributed by atoms with Crippen molar-refractivity contribution in [1.29, 1.82) is 0 Å². The summed E-state index contributed by atoms with van der Waals surface area (Å²) in [6.07, 6.45) is 3.55. The second kappa shape index (κ2) is 6.24. The van der Waals surface area contributed by atoms with Gasteiger partial charge >= 0.3 is 5.97 Å². The number of esters is 1. The van der Waals surface area contributed by atoms with E-state index >= 15 is 0 Å². The van der Waals surface area contributed by atoms with Crippen LogP contribution in [0, 0.1) is 5.41 Å². The number of aliphatic hydroxyl groups excluding tert-OH is 1. The van der Waals surface area contributed by atoms with Crippen LogP contribution in [0.3, 0.4) is 0 Å². The van der Waals surface area contributed by atoms with Crippen molar-refractivity contribution < 1.29 is 14.6 Å². The zero-order valence-corrected chi connectivity index (χ0v) is 11.3. The molecule has 0 heterocycles. The maximum absolute atomic E-state index is 11.8. The molecule has 0 amide bonds. The molecule has 0 bridgehead atoms. The minimum atomic E-state index is -0.604. The molecule has 0 aromatic carbocycles. The predicted octanol–water partition coefficient (Wildman–Crippen LogP) is 2.91. The largest absolute Gasteiger partial charge is 0.459 e. The van der Waals surface area contributed by atoms with Crippen molar-refractivity contribution in [2.45, 2.75) is 65.9 Å². The van der Waals surface area contributed by atoms with Crippen molar-refractivity contribution in [3.05, 3.63) is 0 Å². The van der Waals surface area contributed by atoms with E-state index in [1.54, 1.807) is 0 Å². The van der Waals surface area contributed by atoms with Crippen molar-refractivity contribution in [2.24, 2.45) is 5.41 Å². The summed E-state index contributed by atoms with van der Waals surface area (Å²) in [5, 5.41) is 9.28. The molecule has 0 radical (unpaired) electrons. The normalized spacial score (nSPS) is 18.6. The first-order chi connectivity index (χ1) is 7.40. The van der Waals surface area contributed by atoms with E-state index in [1.165, 1.54) is 0 Å². The molecule has 1 aliphatic carbocycles. The van der Waals surface area contributed by atoms with Crippen molar-refractivity contribution in [2.75, 3.05) is 6.61 Å². The van der Waals surface area contributed by atoms with Crippen molar-refractivity contribution >= 4 is 5.97 Å². The summed E-state index contributed by atoms with van der Waals surface area (Å²) in [7, 11) is 0. The van der Waals surface area contributed by atoms with Gasteiger partial charge < -0.3 is 9.84 Å². The Morgan fingerprint density at radius 2 is 1.69 bits per heavy atom. The summed E-state index contributed by atoms with van der Waals surface area (Å²) >= 11 is 0. The van der Waals surface area contributed by atoms with Gasteiger partial charge in [-0.05, 0) is 33.6 Å². The highest BCUT2D eigenvalue weighted by atomic mass is 16.6. The Bertz CT molecular complexity index is 210. The Morgan fingerprint density at radius 1 is 1.25 bits per heavy atom. The van der Waals surface area contributed by atoms with Crippen LogP contribution in [0.5, 0.6) is 0 Å². The minimum absolute atomic E-state index is 0.0814. The van der Waals surface area contributed by atoms with Gasteiger partial charge in [-0.15, -0.1) is 0 Å². The third-order valence-electron chi connectivity index (χ3n) is 2.70. The monoisotopic (exact) mass is 230 g/mol. The van der Waals surface area contributed by atoms with Crippen LogP contribution < -0.4 is 0 Å². The first-order valence-electron chi connectivity index (χ1n) is 6.24. The Kier molecular flexibility index (Phi) is 6.01. The zero-order valence-electron chi connectivity index (χ0n) is 11.3. The van der Waals surface area contributed by atoms with E-state index in [1.807, 2.05) is 34.6 Å². The Morgan fingerprint density at radius 3 is 2.00 bits per heavy atom. The maximum Gasteiger partial charge on any atom is 0.314 e. The SMILES string of the molecule is CC.CC(C)(C)OC(=O)C1(CO)CCCC1. The lowest BCUT2D eigenvalue weighted by atomic mass is 9.87. The lowest BCUT2D eigenvalue weighted by molar-refractivity contribution is -0.169. The van der Waals surface area contributed by atoms with Gasteiger partial charge in [0, 0.05) is 0 Å². The van der Waals surface area contributed by atoms with Gasteiger partial charge in [0.05, 0.1) is 12.0 Å². The van der Waals surface area contributed by atoms with Crippen LogP contribution in [0.4, 0.5) is 0 Å². The van der Waals surface area contributed by atoms with E-state index in [0.29, 0.717) is 0 Å².